The zero-order valence-corrected chi connectivity index (χ0v) is 18.3. The van der Waals surface area contributed by atoms with Gasteiger partial charge in [0.05, 0.1) is 11.8 Å². The van der Waals surface area contributed by atoms with Crippen LogP contribution in [0.5, 0.6) is 5.88 Å². The molecule has 0 aliphatic heterocycles. The molecule has 27 heavy (non-hydrogen) atoms. The maximum absolute atomic E-state index is 13.5. The second kappa shape index (κ2) is 8.30. The Hall–Kier alpha value is -2.07. The number of carbonyl (C=O) groups is 1. The van der Waals surface area contributed by atoms with Crippen molar-refractivity contribution in [3.63, 3.8) is 0 Å². The molecule has 0 saturated carbocycles. The summed E-state index contributed by atoms with van der Waals surface area (Å²) in [4.78, 5) is 13.5. The van der Waals surface area contributed by atoms with E-state index in [9.17, 15) is 4.79 Å². The molecule has 4 nitrogen and oxygen atoms in total. The molecule has 2 rings (SSSR count). The van der Waals surface area contributed by atoms with Crippen LogP contribution in [-0.4, -0.2) is 21.7 Å². The number of aromatic nitrogens is 2. The highest BCUT2D eigenvalue weighted by Gasteiger charge is 2.26. The minimum Gasteiger partial charge on any atom is -0.474 e. The Labute approximate surface area is 167 Å². The maximum Gasteiger partial charge on any atom is 0.223 e. The van der Waals surface area contributed by atoms with Crippen LogP contribution in [0.25, 0.3) is 5.57 Å². The van der Waals surface area contributed by atoms with Crippen molar-refractivity contribution in [3.8, 4) is 5.88 Å². The van der Waals surface area contributed by atoms with Crippen molar-refractivity contribution in [2.24, 2.45) is 7.05 Å². The number of carbonyl (C=O) groups excluding carboxylic acids is 1. The third kappa shape index (κ3) is 4.11. The van der Waals surface area contributed by atoms with E-state index in [-0.39, 0.29) is 11.9 Å². The average molecular weight is 389 g/mol. The molecule has 5 heteroatoms. The molecular formula is C22H29ClN2O2. The summed E-state index contributed by atoms with van der Waals surface area (Å²) < 4.78 is 7.65. The Bertz CT molecular complexity index is 906. The van der Waals surface area contributed by atoms with E-state index in [2.05, 4.69) is 5.10 Å². The van der Waals surface area contributed by atoms with E-state index < -0.39 is 0 Å². The first kappa shape index (κ1) is 21.2. The molecule has 0 bridgehead atoms. The molecule has 0 aliphatic carbocycles. The van der Waals surface area contributed by atoms with Gasteiger partial charge in [-0.25, -0.2) is 4.68 Å². The van der Waals surface area contributed by atoms with Crippen LogP contribution < -0.4 is 4.74 Å². The summed E-state index contributed by atoms with van der Waals surface area (Å²) in [7, 11) is 1.80. The lowest BCUT2D eigenvalue weighted by Gasteiger charge is -2.16. The van der Waals surface area contributed by atoms with Gasteiger partial charge in [0, 0.05) is 17.6 Å². The third-order valence-electron chi connectivity index (χ3n) is 5.07. The van der Waals surface area contributed by atoms with Gasteiger partial charge in [0.1, 0.15) is 5.56 Å². The smallest absolute Gasteiger partial charge is 0.223 e. The van der Waals surface area contributed by atoms with Crippen molar-refractivity contribution in [2.45, 2.75) is 61.0 Å². The Morgan fingerprint density at radius 2 is 1.85 bits per heavy atom. The number of ketones is 1. The highest BCUT2D eigenvalue weighted by molar-refractivity contribution is 6.32. The third-order valence-corrected chi connectivity index (χ3v) is 5.38. The van der Waals surface area contributed by atoms with Crippen LogP contribution in [0.1, 0.15) is 73.8 Å². The van der Waals surface area contributed by atoms with Gasteiger partial charge in [-0.05, 0) is 76.8 Å². The predicted molar refractivity (Wildman–Crippen MR) is 112 cm³/mol. The van der Waals surface area contributed by atoms with Gasteiger partial charge in [0.15, 0.2) is 0 Å². The van der Waals surface area contributed by atoms with Crippen molar-refractivity contribution in [1.82, 2.24) is 9.78 Å². The molecule has 0 spiro atoms. The van der Waals surface area contributed by atoms with E-state index in [1.165, 1.54) is 5.57 Å². The number of allylic oxidation sites excluding steroid dienone is 2. The largest absolute Gasteiger partial charge is 0.474 e. The van der Waals surface area contributed by atoms with E-state index in [0.717, 1.165) is 23.1 Å². The fourth-order valence-electron chi connectivity index (χ4n) is 3.08. The molecule has 0 saturated heterocycles. The topological polar surface area (TPSA) is 44.1 Å². The Balaban J connectivity index is 2.64. The minimum absolute atomic E-state index is 0.00106. The van der Waals surface area contributed by atoms with E-state index in [1.807, 2.05) is 48.5 Å². The molecule has 1 heterocycles. The van der Waals surface area contributed by atoms with Gasteiger partial charge in [-0.3, -0.25) is 4.79 Å². The number of ether oxygens (including phenoxy) is 1. The molecule has 1 aromatic heterocycles. The molecule has 2 aromatic rings. The van der Waals surface area contributed by atoms with Gasteiger partial charge in [0.2, 0.25) is 11.7 Å². The van der Waals surface area contributed by atoms with Crippen LogP contribution in [-0.2, 0) is 7.05 Å². The van der Waals surface area contributed by atoms with Crippen molar-refractivity contribution >= 4 is 23.0 Å². The van der Waals surface area contributed by atoms with Gasteiger partial charge in [-0.15, -0.1) is 0 Å². The number of rotatable bonds is 6. The quantitative estimate of drug-likeness (QED) is 0.577. The van der Waals surface area contributed by atoms with Crippen molar-refractivity contribution in [3.05, 3.63) is 50.7 Å². The second-order valence-corrected chi connectivity index (χ2v) is 7.68. The SMILES string of the molecule is CCC(C)Oc1c(C(=O)c2ccc(Cl)c(C(C)=C(C)C)c2C)c(C)nn1C. The molecule has 1 unspecified atom stereocenters. The standard InChI is InChI=1S/C22H29ClN2O2/c1-9-13(4)27-22-20(16(7)24-25(22)8)21(26)17-10-11-18(23)19(15(17)6)14(5)12(2)3/h10-11,13H,9H2,1-8H3. The Morgan fingerprint density at radius 3 is 2.41 bits per heavy atom. The summed E-state index contributed by atoms with van der Waals surface area (Å²) >= 11 is 6.46. The molecule has 0 N–H and O–H groups in total. The molecule has 0 radical (unpaired) electrons. The lowest BCUT2D eigenvalue weighted by atomic mass is 9.91. The van der Waals surface area contributed by atoms with E-state index in [4.69, 9.17) is 16.3 Å². The number of halogens is 1. The monoisotopic (exact) mass is 388 g/mol. The summed E-state index contributed by atoms with van der Waals surface area (Å²) in [6.07, 6.45) is 0.850. The molecule has 0 amide bonds. The fourth-order valence-corrected chi connectivity index (χ4v) is 3.42. The molecule has 0 fully saturated rings. The summed E-state index contributed by atoms with van der Waals surface area (Å²) in [5.41, 5.74) is 5.87. The zero-order valence-electron chi connectivity index (χ0n) is 17.5. The van der Waals surface area contributed by atoms with Crippen LogP contribution >= 0.6 is 11.6 Å². The van der Waals surface area contributed by atoms with Gasteiger partial charge in [-0.2, -0.15) is 5.10 Å². The van der Waals surface area contributed by atoms with E-state index in [1.54, 1.807) is 23.9 Å². The summed E-state index contributed by atoms with van der Waals surface area (Å²) in [5, 5.41) is 5.07. The van der Waals surface area contributed by atoms with Crippen LogP contribution in [0.4, 0.5) is 0 Å². The summed E-state index contributed by atoms with van der Waals surface area (Å²) in [6.45, 7) is 13.9. The lowest BCUT2D eigenvalue weighted by molar-refractivity contribution is 0.102. The number of nitrogens with zero attached hydrogens (tertiary/aromatic N) is 2. The van der Waals surface area contributed by atoms with Crippen molar-refractivity contribution in [1.29, 1.82) is 0 Å². The summed E-state index contributed by atoms with van der Waals surface area (Å²) in [6, 6.07) is 3.59. The van der Waals surface area contributed by atoms with E-state index >= 15 is 0 Å². The number of aryl methyl sites for hydroxylation is 2. The second-order valence-electron chi connectivity index (χ2n) is 7.27. The van der Waals surface area contributed by atoms with Crippen LogP contribution in [0.2, 0.25) is 5.02 Å². The zero-order chi connectivity index (χ0) is 20.5. The predicted octanol–water partition coefficient (Wildman–Crippen LogP) is 5.91. The maximum atomic E-state index is 13.5. The highest BCUT2D eigenvalue weighted by Crippen LogP contribution is 2.34. The first-order valence-electron chi connectivity index (χ1n) is 9.28. The molecule has 1 atom stereocenters. The molecule has 146 valence electrons. The van der Waals surface area contributed by atoms with E-state index in [0.29, 0.717) is 27.7 Å². The van der Waals surface area contributed by atoms with Crippen LogP contribution in [0.15, 0.2) is 17.7 Å². The van der Waals surface area contributed by atoms with Gasteiger partial charge >= 0.3 is 0 Å². The Morgan fingerprint density at radius 1 is 1.22 bits per heavy atom. The van der Waals surface area contributed by atoms with Gasteiger partial charge in [0.25, 0.3) is 0 Å². The van der Waals surface area contributed by atoms with Gasteiger partial charge in [-0.1, -0.05) is 24.1 Å². The molecule has 0 aliphatic rings. The van der Waals surface area contributed by atoms with Crippen LogP contribution in [0.3, 0.4) is 0 Å². The highest BCUT2D eigenvalue weighted by atomic mass is 35.5. The average Bonchev–Trinajstić information content (AvgIpc) is 2.87. The minimum atomic E-state index is -0.0872. The normalized spacial score (nSPS) is 12.0. The number of benzene rings is 1. The van der Waals surface area contributed by atoms with Crippen molar-refractivity contribution in [2.75, 3.05) is 0 Å². The fraction of sp³-hybridized carbons (Fsp3) is 0.455. The molecule has 1 aromatic carbocycles. The first-order chi connectivity index (χ1) is 12.6. The number of hydrogen-bond donors (Lipinski definition) is 0. The Kier molecular flexibility index (Phi) is 6.53. The lowest BCUT2D eigenvalue weighted by Crippen LogP contribution is -2.15. The van der Waals surface area contributed by atoms with Crippen molar-refractivity contribution < 1.29 is 9.53 Å². The number of hydrogen-bond acceptors (Lipinski definition) is 3. The first-order valence-corrected chi connectivity index (χ1v) is 9.66. The van der Waals surface area contributed by atoms with Gasteiger partial charge < -0.3 is 4.74 Å². The summed E-state index contributed by atoms with van der Waals surface area (Å²) in [5.74, 6) is 0.428. The molecular weight excluding hydrogens is 360 g/mol. The van der Waals surface area contributed by atoms with Crippen LogP contribution in [0, 0.1) is 13.8 Å².